The number of rotatable bonds is 7. The summed E-state index contributed by atoms with van der Waals surface area (Å²) in [4.78, 5) is 12.3. The van der Waals surface area contributed by atoms with Crippen molar-refractivity contribution in [2.45, 2.75) is 39.8 Å². The van der Waals surface area contributed by atoms with Crippen LogP contribution in [0.15, 0.2) is 27.2 Å². The molecule has 8 nitrogen and oxygen atoms in total. The number of carbonyl (C=O) groups excluding carboxylic acids is 1. The number of carbonyl (C=O) groups is 1. The van der Waals surface area contributed by atoms with Crippen molar-refractivity contribution in [3.63, 3.8) is 0 Å². The van der Waals surface area contributed by atoms with Crippen molar-refractivity contribution < 1.29 is 18.4 Å². The molecule has 0 aliphatic heterocycles. The summed E-state index contributed by atoms with van der Waals surface area (Å²) < 4.78 is 17.4. The number of aromatic nitrogens is 4. The lowest BCUT2D eigenvalue weighted by atomic mass is 10.3. The zero-order valence-corrected chi connectivity index (χ0v) is 14.6. The molecule has 0 bridgehead atoms. The van der Waals surface area contributed by atoms with Crippen LogP contribution in [0.5, 0.6) is 0 Å². The van der Waals surface area contributed by atoms with Crippen LogP contribution < -0.4 is 0 Å². The van der Waals surface area contributed by atoms with Crippen molar-refractivity contribution in [1.29, 1.82) is 0 Å². The molecule has 0 fully saturated rings. The third-order valence-electron chi connectivity index (χ3n) is 3.52. The molecule has 0 amide bonds. The van der Waals surface area contributed by atoms with Gasteiger partial charge in [-0.25, -0.2) is 4.79 Å². The van der Waals surface area contributed by atoms with Crippen molar-refractivity contribution in [2.75, 3.05) is 0 Å². The van der Waals surface area contributed by atoms with Gasteiger partial charge in [0.15, 0.2) is 12.4 Å². The van der Waals surface area contributed by atoms with Crippen LogP contribution in [0.25, 0.3) is 11.7 Å². The molecule has 0 saturated carbocycles. The molecule has 0 saturated heterocycles. The number of hydrogen-bond donors (Lipinski definition) is 0. The van der Waals surface area contributed by atoms with Gasteiger partial charge < -0.3 is 13.6 Å². The minimum absolute atomic E-state index is 0.159. The summed E-state index contributed by atoms with van der Waals surface area (Å²) in [6, 6.07) is 3.40. The molecule has 9 heteroatoms. The molecule has 0 aromatic carbocycles. The molecule has 0 unspecified atom stereocenters. The molecule has 0 aliphatic rings. The number of unbranched alkanes of at least 4 members (excludes halogenated alkanes) is 1. The third-order valence-corrected chi connectivity index (χ3v) is 3.90. The topological polar surface area (TPSA) is 96.2 Å². The van der Waals surface area contributed by atoms with Crippen molar-refractivity contribution >= 4 is 17.6 Å². The SMILES string of the molecule is CCCCn1nc(C)c(C(=O)OCc2nnc(-c3ccco3)o2)c1Cl. The lowest BCUT2D eigenvalue weighted by molar-refractivity contribution is 0.0438. The Labute approximate surface area is 148 Å². The van der Waals surface area contributed by atoms with Gasteiger partial charge >= 0.3 is 5.97 Å². The van der Waals surface area contributed by atoms with Gasteiger partial charge in [0.1, 0.15) is 10.7 Å². The van der Waals surface area contributed by atoms with Gasteiger partial charge in [-0.3, -0.25) is 4.68 Å². The second kappa shape index (κ2) is 7.52. The molecule has 0 atom stereocenters. The third kappa shape index (κ3) is 3.74. The maximum atomic E-state index is 12.3. The first kappa shape index (κ1) is 17.2. The van der Waals surface area contributed by atoms with Gasteiger partial charge in [0, 0.05) is 6.54 Å². The average Bonchev–Trinajstić information content (AvgIpc) is 3.31. The molecule has 132 valence electrons. The van der Waals surface area contributed by atoms with Crippen LogP contribution in [-0.2, 0) is 17.9 Å². The van der Waals surface area contributed by atoms with Gasteiger partial charge in [-0.05, 0) is 25.5 Å². The van der Waals surface area contributed by atoms with Gasteiger partial charge in [-0.15, -0.1) is 10.2 Å². The number of nitrogens with zero attached hydrogens (tertiary/aromatic N) is 4. The Bertz CT molecular complexity index is 854. The van der Waals surface area contributed by atoms with Gasteiger partial charge in [0.2, 0.25) is 0 Å². The van der Waals surface area contributed by atoms with Gasteiger partial charge in [-0.2, -0.15) is 5.10 Å². The van der Waals surface area contributed by atoms with Gasteiger partial charge in [0.05, 0.1) is 12.0 Å². The number of ether oxygens (including phenoxy) is 1. The summed E-state index contributed by atoms with van der Waals surface area (Å²) in [5.41, 5.74) is 0.774. The maximum Gasteiger partial charge on any atom is 0.343 e. The summed E-state index contributed by atoms with van der Waals surface area (Å²) in [6.07, 6.45) is 3.43. The lowest BCUT2D eigenvalue weighted by Crippen LogP contribution is -2.07. The van der Waals surface area contributed by atoms with E-state index >= 15 is 0 Å². The summed E-state index contributed by atoms with van der Waals surface area (Å²) in [5.74, 6) is 0.244. The Hall–Kier alpha value is -2.61. The molecule has 0 N–H and O–H groups in total. The molecule has 3 aromatic heterocycles. The zero-order valence-electron chi connectivity index (χ0n) is 13.9. The Morgan fingerprint density at radius 3 is 2.96 bits per heavy atom. The summed E-state index contributed by atoms with van der Waals surface area (Å²) in [7, 11) is 0. The highest BCUT2D eigenvalue weighted by Crippen LogP contribution is 2.22. The minimum atomic E-state index is -0.581. The first-order valence-corrected chi connectivity index (χ1v) is 8.24. The summed E-state index contributed by atoms with van der Waals surface area (Å²) in [6.45, 7) is 4.27. The largest absolute Gasteiger partial charge is 0.459 e. The van der Waals surface area contributed by atoms with E-state index in [4.69, 9.17) is 25.2 Å². The predicted octanol–water partition coefficient (Wildman–Crippen LogP) is 3.65. The average molecular weight is 365 g/mol. The second-order valence-corrected chi connectivity index (χ2v) is 5.74. The standard InChI is InChI=1S/C16H17ClN4O4/c1-3-4-7-21-14(17)13(10(2)20-21)16(22)24-9-12-18-19-15(25-12)11-6-5-8-23-11/h5-6,8H,3-4,7,9H2,1-2H3. The van der Waals surface area contributed by atoms with E-state index in [1.54, 1.807) is 23.7 Å². The number of halogens is 1. The fourth-order valence-electron chi connectivity index (χ4n) is 2.25. The molecular formula is C16H17ClN4O4. The lowest BCUT2D eigenvalue weighted by Gasteiger charge is -2.03. The minimum Gasteiger partial charge on any atom is -0.459 e. The number of aryl methyl sites for hydroxylation is 2. The Kier molecular flexibility index (Phi) is 5.18. The Morgan fingerprint density at radius 1 is 1.40 bits per heavy atom. The monoisotopic (exact) mass is 364 g/mol. The van der Waals surface area contributed by atoms with Crippen LogP contribution in [0.2, 0.25) is 5.15 Å². The highest BCUT2D eigenvalue weighted by atomic mass is 35.5. The van der Waals surface area contributed by atoms with E-state index in [0.29, 0.717) is 18.0 Å². The van der Waals surface area contributed by atoms with Crippen LogP contribution in [0.4, 0.5) is 0 Å². The predicted molar refractivity (Wildman–Crippen MR) is 88.0 cm³/mol. The Balaban J connectivity index is 1.66. The number of furan rings is 1. The van der Waals surface area contributed by atoms with Crippen LogP contribution >= 0.6 is 11.6 Å². The van der Waals surface area contributed by atoms with Crippen LogP contribution in [0.1, 0.15) is 41.7 Å². The summed E-state index contributed by atoms with van der Waals surface area (Å²) >= 11 is 6.25. The normalized spacial score (nSPS) is 11.0. The molecule has 0 spiro atoms. The fourth-order valence-corrected chi connectivity index (χ4v) is 2.59. The van der Waals surface area contributed by atoms with E-state index < -0.39 is 5.97 Å². The molecule has 3 rings (SSSR count). The first-order chi connectivity index (χ1) is 12.1. The van der Waals surface area contributed by atoms with Gasteiger partial charge in [0.25, 0.3) is 11.8 Å². The van der Waals surface area contributed by atoms with Crippen molar-refractivity contribution in [1.82, 2.24) is 20.0 Å². The van der Waals surface area contributed by atoms with E-state index in [1.807, 2.05) is 0 Å². The summed E-state index contributed by atoms with van der Waals surface area (Å²) in [5, 5.41) is 12.2. The van der Waals surface area contributed by atoms with E-state index in [2.05, 4.69) is 22.2 Å². The van der Waals surface area contributed by atoms with Crippen LogP contribution in [0, 0.1) is 6.92 Å². The molecule has 0 radical (unpaired) electrons. The Morgan fingerprint density at radius 2 is 2.24 bits per heavy atom. The molecule has 25 heavy (non-hydrogen) atoms. The molecule has 3 aromatic rings. The van der Waals surface area contributed by atoms with Crippen molar-refractivity contribution in [3.8, 4) is 11.7 Å². The fraction of sp³-hybridized carbons (Fsp3) is 0.375. The number of hydrogen-bond acceptors (Lipinski definition) is 7. The number of esters is 1. The highest BCUT2D eigenvalue weighted by molar-refractivity contribution is 6.32. The van der Waals surface area contributed by atoms with E-state index in [1.165, 1.54) is 6.26 Å². The van der Waals surface area contributed by atoms with E-state index in [-0.39, 0.29) is 29.1 Å². The zero-order chi connectivity index (χ0) is 17.8. The second-order valence-electron chi connectivity index (χ2n) is 5.38. The quantitative estimate of drug-likeness (QED) is 0.590. The van der Waals surface area contributed by atoms with Crippen LogP contribution in [-0.4, -0.2) is 25.9 Å². The van der Waals surface area contributed by atoms with Gasteiger partial charge in [-0.1, -0.05) is 24.9 Å². The maximum absolute atomic E-state index is 12.3. The first-order valence-electron chi connectivity index (χ1n) is 7.86. The highest BCUT2D eigenvalue weighted by Gasteiger charge is 2.22. The van der Waals surface area contributed by atoms with Crippen LogP contribution in [0.3, 0.4) is 0 Å². The molecule has 0 aliphatic carbocycles. The smallest absolute Gasteiger partial charge is 0.343 e. The molecular weight excluding hydrogens is 348 g/mol. The van der Waals surface area contributed by atoms with Crippen molar-refractivity contribution in [2.24, 2.45) is 0 Å². The van der Waals surface area contributed by atoms with E-state index in [0.717, 1.165) is 12.8 Å². The molecule has 3 heterocycles. The van der Waals surface area contributed by atoms with Crippen molar-refractivity contribution in [3.05, 3.63) is 40.7 Å². The van der Waals surface area contributed by atoms with E-state index in [9.17, 15) is 4.79 Å².